The van der Waals surface area contributed by atoms with Gasteiger partial charge in [0.1, 0.15) is 5.75 Å². The smallest absolute Gasteiger partial charge is 0.255 e. The first-order chi connectivity index (χ1) is 11.4. The summed E-state index contributed by atoms with van der Waals surface area (Å²) in [7, 11) is 0. The van der Waals surface area contributed by atoms with Gasteiger partial charge in [0.25, 0.3) is 5.91 Å². The van der Waals surface area contributed by atoms with Crippen LogP contribution in [0.25, 0.3) is 0 Å². The Bertz CT molecular complexity index is 699. The lowest BCUT2D eigenvalue weighted by Crippen LogP contribution is -2.45. The summed E-state index contributed by atoms with van der Waals surface area (Å²) in [6.07, 6.45) is 0. The van der Waals surface area contributed by atoms with Gasteiger partial charge in [-0.1, -0.05) is 24.3 Å². The highest BCUT2D eigenvalue weighted by Crippen LogP contribution is 2.32. The summed E-state index contributed by atoms with van der Waals surface area (Å²) in [5.41, 5.74) is 5.89. The zero-order valence-corrected chi connectivity index (χ0v) is 15.6. The van der Waals surface area contributed by atoms with Gasteiger partial charge in [-0.25, -0.2) is 0 Å². The van der Waals surface area contributed by atoms with Gasteiger partial charge in [-0.05, 0) is 45.0 Å². The van der Waals surface area contributed by atoms with Crippen LogP contribution >= 0.6 is 12.4 Å². The number of ether oxygens (including phenoxy) is 2. The molecule has 0 aromatic heterocycles. The first kappa shape index (κ1) is 20.8. The second-order valence-corrected chi connectivity index (χ2v) is 6.15. The number of carbonyl (C=O) groups excluding carboxylic acids is 1. The predicted octanol–water partition coefficient (Wildman–Crippen LogP) is 3.77. The lowest BCUT2D eigenvalue weighted by atomic mass is 10.1. The van der Waals surface area contributed by atoms with E-state index < -0.39 is 5.54 Å². The van der Waals surface area contributed by atoms with E-state index in [2.05, 4.69) is 5.32 Å². The largest absolute Gasteiger partial charge is 0.490 e. The average Bonchev–Trinajstić information content (AvgIpc) is 2.54. The molecule has 136 valence electrons. The molecule has 2 aromatic carbocycles. The Labute approximate surface area is 154 Å². The highest BCUT2D eigenvalue weighted by Gasteiger charge is 2.17. The minimum absolute atomic E-state index is 0. The van der Waals surface area contributed by atoms with Gasteiger partial charge in [-0.2, -0.15) is 0 Å². The van der Waals surface area contributed by atoms with Crippen molar-refractivity contribution < 1.29 is 14.3 Å². The molecule has 3 N–H and O–H groups in total. The van der Waals surface area contributed by atoms with Crippen molar-refractivity contribution in [3.8, 4) is 17.2 Å². The fourth-order valence-corrected chi connectivity index (χ4v) is 2.07. The summed E-state index contributed by atoms with van der Waals surface area (Å²) in [4.78, 5) is 12.4. The number of benzene rings is 2. The number of amides is 1. The molecular formula is C19H25ClN2O3. The fraction of sp³-hybridized carbons (Fsp3) is 0.316. The summed E-state index contributed by atoms with van der Waals surface area (Å²) in [5, 5.41) is 2.83. The van der Waals surface area contributed by atoms with Crippen LogP contribution in [0.4, 0.5) is 0 Å². The molecule has 0 fully saturated rings. The van der Waals surface area contributed by atoms with Gasteiger partial charge in [-0.15, -0.1) is 12.4 Å². The van der Waals surface area contributed by atoms with Crippen LogP contribution in [0, 0.1) is 0 Å². The van der Waals surface area contributed by atoms with Crippen molar-refractivity contribution in [1.82, 2.24) is 5.32 Å². The minimum atomic E-state index is -0.479. The van der Waals surface area contributed by atoms with Crippen molar-refractivity contribution in [2.75, 3.05) is 13.2 Å². The molecule has 2 rings (SSSR count). The van der Waals surface area contributed by atoms with Gasteiger partial charge >= 0.3 is 0 Å². The van der Waals surface area contributed by atoms with Crippen LogP contribution in [0.1, 0.15) is 31.1 Å². The number of carbonyl (C=O) groups is 1. The number of hydrogen-bond donors (Lipinski definition) is 2. The number of rotatable bonds is 7. The highest BCUT2D eigenvalue weighted by atomic mass is 35.5. The third kappa shape index (κ3) is 6.29. The summed E-state index contributed by atoms with van der Waals surface area (Å²) < 4.78 is 11.5. The van der Waals surface area contributed by atoms with Crippen LogP contribution in [0.3, 0.4) is 0 Å². The van der Waals surface area contributed by atoms with E-state index in [9.17, 15) is 4.79 Å². The normalized spacial score (nSPS) is 10.6. The lowest BCUT2D eigenvalue weighted by molar-refractivity contribution is 0.0943. The van der Waals surface area contributed by atoms with E-state index in [0.717, 1.165) is 0 Å². The first-order valence-electron chi connectivity index (χ1n) is 7.96. The van der Waals surface area contributed by atoms with Crippen molar-refractivity contribution in [2.24, 2.45) is 5.73 Å². The molecule has 0 saturated heterocycles. The van der Waals surface area contributed by atoms with Gasteiger partial charge in [0, 0.05) is 12.1 Å². The average molecular weight is 365 g/mol. The van der Waals surface area contributed by atoms with E-state index in [-0.39, 0.29) is 18.3 Å². The minimum Gasteiger partial charge on any atom is -0.490 e. The van der Waals surface area contributed by atoms with Gasteiger partial charge in [0.2, 0.25) is 0 Å². The van der Waals surface area contributed by atoms with Crippen molar-refractivity contribution in [1.29, 1.82) is 0 Å². The molecular weight excluding hydrogens is 340 g/mol. The van der Waals surface area contributed by atoms with Crippen LogP contribution in [0.15, 0.2) is 48.5 Å². The third-order valence-corrected chi connectivity index (χ3v) is 3.21. The zero-order valence-electron chi connectivity index (χ0n) is 14.7. The quantitative estimate of drug-likeness (QED) is 0.784. The summed E-state index contributed by atoms with van der Waals surface area (Å²) >= 11 is 0. The van der Waals surface area contributed by atoms with Crippen molar-refractivity contribution in [3.63, 3.8) is 0 Å². The summed E-state index contributed by atoms with van der Waals surface area (Å²) in [5.74, 6) is 1.45. The van der Waals surface area contributed by atoms with Crippen molar-refractivity contribution >= 4 is 18.3 Å². The van der Waals surface area contributed by atoms with Crippen LogP contribution in [-0.2, 0) is 0 Å². The van der Waals surface area contributed by atoms with Crippen LogP contribution < -0.4 is 20.5 Å². The fourth-order valence-electron chi connectivity index (χ4n) is 2.07. The molecule has 0 atom stereocenters. The molecule has 1 amide bonds. The van der Waals surface area contributed by atoms with E-state index in [1.807, 2.05) is 51.1 Å². The molecule has 25 heavy (non-hydrogen) atoms. The molecule has 0 saturated carbocycles. The van der Waals surface area contributed by atoms with Crippen LogP contribution in [0.2, 0.25) is 0 Å². The maximum absolute atomic E-state index is 12.4. The van der Waals surface area contributed by atoms with E-state index in [0.29, 0.717) is 36.0 Å². The molecule has 0 bridgehead atoms. The molecule has 0 radical (unpaired) electrons. The topological polar surface area (TPSA) is 73.6 Å². The Balaban J connectivity index is 0.00000312. The predicted molar refractivity (Wildman–Crippen MR) is 102 cm³/mol. The molecule has 0 aliphatic carbocycles. The molecule has 0 spiro atoms. The van der Waals surface area contributed by atoms with Gasteiger partial charge in [0.15, 0.2) is 11.5 Å². The first-order valence-corrected chi connectivity index (χ1v) is 7.96. The van der Waals surface area contributed by atoms with Crippen LogP contribution in [-0.4, -0.2) is 24.6 Å². The molecule has 0 unspecified atom stereocenters. The maximum atomic E-state index is 12.4. The number of nitrogens with two attached hydrogens (primary N) is 1. The monoisotopic (exact) mass is 364 g/mol. The van der Waals surface area contributed by atoms with Gasteiger partial charge in [0.05, 0.1) is 12.2 Å². The van der Waals surface area contributed by atoms with E-state index in [4.69, 9.17) is 15.2 Å². The number of nitrogens with one attached hydrogen (secondary N) is 1. The van der Waals surface area contributed by atoms with Gasteiger partial charge < -0.3 is 20.5 Å². The second kappa shape index (κ2) is 9.30. The Kier molecular flexibility index (Phi) is 7.74. The molecule has 5 nitrogen and oxygen atoms in total. The third-order valence-electron chi connectivity index (χ3n) is 3.21. The zero-order chi connectivity index (χ0) is 17.6. The van der Waals surface area contributed by atoms with Crippen molar-refractivity contribution in [2.45, 2.75) is 26.3 Å². The molecule has 0 aliphatic rings. The molecule has 6 heteroatoms. The van der Waals surface area contributed by atoms with E-state index >= 15 is 0 Å². The number of hydrogen-bond acceptors (Lipinski definition) is 4. The summed E-state index contributed by atoms with van der Waals surface area (Å²) in [6.45, 7) is 6.53. The SMILES string of the molecule is CCOc1ccccc1Oc1ccccc1C(=O)NCC(C)(C)N.Cl. The van der Waals surface area contributed by atoms with Crippen LogP contribution in [0.5, 0.6) is 17.2 Å². The standard InChI is InChI=1S/C19H24N2O3.ClH/c1-4-23-16-11-7-8-12-17(16)24-15-10-6-5-9-14(15)18(22)21-13-19(2,3)20;/h5-12H,4,13,20H2,1-3H3,(H,21,22);1H. The Hall–Kier alpha value is -2.24. The van der Waals surface area contributed by atoms with E-state index in [1.165, 1.54) is 0 Å². The highest BCUT2D eigenvalue weighted by molar-refractivity contribution is 5.97. The molecule has 2 aromatic rings. The summed E-state index contributed by atoms with van der Waals surface area (Å²) in [6, 6.07) is 14.5. The van der Waals surface area contributed by atoms with E-state index in [1.54, 1.807) is 18.2 Å². The maximum Gasteiger partial charge on any atom is 0.255 e. The Morgan fingerprint density at radius 3 is 2.20 bits per heavy atom. The molecule has 0 aliphatic heterocycles. The Morgan fingerprint density at radius 2 is 1.60 bits per heavy atom. The lowest BCUT2D eigenvalue weighted by Gasteiger charge is -2.19. The molecule has 0 heterocycles. The number of halogens is 1. The Morgan fingerprint density at radius 1 is 1.04 bits per heavy atom. The van der Waals surface area contributed by atoms with Crippen molar-refractivity contribution in [3.05, 3.63) is 54.1 Å². The number of para-hydroxylation sites is 3. The second-order valence-electron chi connectivity index (χ2n) is 6.15. The van der Waals surface area contributed by atoms with Gasteiger partial charge in [-0.3, -0.25) is 4.79 Å².